The summed E-state index contributed by atoms with van der Waals surface area (Å²) in [5.41, 5.74) is 5.22. The Morgan fingerprint density at radius 2 is 1.93 bits per heavy atom. The number of carbonyl (C=O) groups excluding carboxylic acids is 1. The maximum absolute atomic E-state index is 13.1. The third-order valence-corrected chi connectivity index (χ3v) is 5.89. The number of aromatic nitrogens is 1. The van der Waals surface area contributed by atoms with Crippen molar-refractivity contribution in [2.75, 3.05) is 37.7 Å². The predicted octanol–water partition coefficient (Wildman–Crippen LogP) is 3.26. The molecule has 0 N–H and O–H groups in total. The average Bonchev–Trinajstić information content (AvgIpc) is 3.46. The molecule has 0 unspecified atom stereocenters. The highest BCUT2D eigenvalue weighted by Crippen LogP contribution is 2.38. The third kappa shape index (κ3) is 3.10. The summed E-state index contributed by atoms with van der Waals surface area (Å²) in [6, 6.07) is 10.3. The van der Waals surface area contributed by atoms with Gasteiger partial charge < -0.3 is 14.5 Å². The summed E-state index contributed by atoms with van der Waals surface area (Å²) in [7, 11) is 0. The molecule has 0 radical (unpaired) electrons. The second kappa shape index (κ2) is 6.64. The van der Waals surface area contributed by atoms with Crippen molar-refractivity contribution in [1.29, 1.82) is 0 Å². The molecule has 27 heavy (non-hydrogen) atoms. The fraction of sp³-hybridized carbons (Fsp3) is 0.455. The predicted molar refractivity (Wildman–Crippen MR) is 105 cm³/mol. The van der Waals surface area contributed by atoms with Crippen molar-refractivity contribution in [1.82, 2.24) is 9.88 Å². The molecule has 1 aliphatic carbocycles. The van der Waals surface area contributed by atoms with E-state index in [2.05, 4.69) is 36.1 Å². The van der Waals surface area contributed by atoms with Gasteiger partial charge in [0.2, 0.25) is 0 Å². The Labute approximate surface area is 159 Å². The fourth-order valence-corrected chi connectivity index (χ4v) is 4.12. The van der Waals surface area contributed by atoms with Crippen LogP contribution in [0.15, 0.2) is 30.3 Å². The molecular weight excluding hydrogens is 338 g/mol. The van der Waals surface area contributed by atoms with Gasteiger partial charge in [-0.05, 0) is 37.3 Å². The van der Waals surface area contributed by atoms with Gasteiger partial charge in [-0.1, -0.05) is 24.3 Å². The second-order valence-corrected chi connectivity index (χ2v) is 7.90. The summed E-state index contributed by atoms with van der Waals surface area (Å²) >= 11 is 0. The van der Waals surface area contributed by atoms with Crippen molar-refractivity contribution in [2.24, 2.45) is 5.92 Å². The number of amides is 1. The first-order chi connectivity index (χ1) is 13.2. The molecule has 1 amide bonds. The molecule has 0 spiro atoms. The number of aryl methyl sites for hydroxylation is 1. The lowest BCUT2D eigenvalue weighted by Crippen LogP contribution is -2.37. The zero-order chi connectivity index (χ0) is 18.4. The van der Waals surface area contributed by atoms with Gasteiger partial charge in [0.15, 0.2) is 0 Å². The van der Waals surface area contributed by atoms with Gasteiger partial charge in [-0.15, -0.1) is 0 Å². The van der Waals surface area contributed by atoms with Gasteiger partial charge in [0, 0.05) is 37.3 Å². The number of hydrogen-bond acceptors (Lipinski definition) is 4. The molecule has 2 aliphatic heterocycles. The third-order valence-electron chi connectivity index (χ3n) is 5.89. The van der Waals surface area contributed by atoms with Crippen molar-refractivity contribution in [3.8, 4) is 11.3 Å². The first kappa shape index (κ1) is 16.8. The van der Waals surface area contributed by atoms with Crippen LogP contribution in [0.2, 0.25) is 0 Å². The van der Waals surface area contributed by atoms with Gasteiger partial charge in [0.1, 0.15) is 5.82 Å². The standard InChI is InChI=1S/C22H25N3O2/c1-15-4-2-3-5-17(15)21-19-14-25(13-16-6-7-16)22(26)18(19)12-20(23-21)24-8-10-27-11-9-24/h2-5,12,16H,6-11,13-14H2,1H3. The van der Waals surface area contributed by atoms with E-state index in [1.54, 1.807) is 0 Å². The Hall–Kier alpha value is -2.40. The molecule has 3 aliphatic rings. The quantitative estimate of drug-likeness (QED) is 0.836. The molecule has 2 fully saturated rings. The zero-order valence-electron chi connectivity index (χ0n) is 15.8. The Morgan fingerprint density at radius 3 is 2.67 bits per heavy atom. The number of carbonyl (C=O) groups is 1. The number of hydrogen-bond donors (Lipinski definition) is 0. The molecule has 5 rings (SSSR count). The minimum Gasteiger partial charge on any atom is -0.378 e. The van der Waals surface area contributed by atoms with Crippen molar-refractivity contribution in [3.63, 3.8) is 0 Å². The van der Waals surface area contributed by atoms with E-state index in [0.717, 1.165) is 47.8 Å². The van der Waals surface area contributed by atoms with Gasteiger partial charge in [0.05, 0.1) is 24.5 Å². The number of rotatable bonds is 4. The van der Waals surface area contributed by atoms with E-state index in [-0.39, 0.29) is 5.91 Å². The Bertz CT molecular complexity index is 885. The summed E-state index contributed by atoms with van der Waals surface area (Å²) in [6.07, 6.45) is 2.50. The van der Waals surface area contributed by atoms with Crippen molar-refractivity contribution >= 4 is 11.7 Å². The highest BCUT2D eigenvalue weighted by Gasteiger charge is 2.35. The SMILES string of the molecule is Cc1ccccc1-c1nc(N2CCOCC2)cc2c1CN(CC1CC1)C2=O. The molecule has 2 aromatic rings. The fourth-order valence-electron chi connectivity index (χ4n) is 4.12. The minimum atomic E-state index is 0.170. The van der Waals surface area contributed by atoms with Crippen LogP contribution in [-0.4, -0.2) is 48.6 Å². The summed E-state index contributed by atoms with van der Waals surface area (Å²) in [4.78, 5) is 22.4. The normalized spacial score (nSPS) is 19.5. The van der Waals surface area contributed by atoms with Crippen LogP contribution in [0.25, 0.3) is 11.3 Å². The van der Waals surface area contributed by atoms with Crippen molar-refractivity contribution < 1.29 is 9.53 Å². The smallest absolute Gasteiger partial charge is 0.254 e. The van der Waals surface area contributed by atoms with Gasteiger partial charge >= 0.3 is 0 Å². The van der Waals surface area contributed by atoms with Gasteiger partial charge in [-0.3, -0.25) is 4.79 Å². The highest BCUT2D eigenvalue weighted by atomic mass is 16.5. The van der Waals surface area contributed by atoms with Crippen LogP contribution in [-0.2, 0) is 11.3 Å². The number of fused-ring (bicyclic) bond motifs is 1. The number of morpholine rings is 1. The van der Waals surface area contributed by atoms with Crippen molar-refractivity contribution in [2.45, 2.75) is 26.3 Å². The number of nitrogens with zero attached hydrogens (tertiary/aromatic N) is 3. The summed E-state index contributed by atoms with van der Waals surface area (Å²) in [5, 5.41) is 0. The monoisotopic (exact) mass is 363 g/mol. The first-order valence-corrected chi connectivity index (χ1v) is 9.92. The van der Waals surface area contributed by atoms with E-state index in [4.69, 9.17) is 9.72 Å². The first-order valence-electron chi connectivity index (χ1n) is 9.92. The van der Waals surface area contributed by atoms with Crippen LogP contribution in [0.4, 0.5) is 5.82 Å². The number of anilines is 1. The molecule has 1 saturated carbocycles. The zero-order valence-corrected chi connectivity index (χ0v) is 15.8. The summed E-state index contributed by atoms with van der Waals surface area (Å²) < 4.78 is 5.49. The Morgan fingerprint density at radius 1 is 1.15 bits per heavy atom. The minimum absolute atomic E-state index is 0.170. The van der Waals surface area contributed by atoms with E-state index in [9.17, 15) is 4.79 Å². The molecular formula is C22H25N3O2. The van der Waals surface area contributed by atoms with Crippen LogP contribution >= 0.6 is 0 Å². The Kier molecular flexibility index (Phi) is 4.12. The number of pyridine rings is 1. The molecule has 5 heteroatoms. The highest BCUT2D eigenvalue weighted by molar-refractivity contribution is 6.01. The molecule has 1 aromatic carbocycles. The van der Waals surface area contributed by atoms with Gasteiger partial charge in [0.25, 0.3) is 5.91 Å². The van der Waals surface area contributed by atoms with E-state index in [1.165, 1.54) is 18.4 Å². The molecule has 0 atom stereocenters. The molecule has 3 heterocycles. The van der Waals surface area contributed by atoms with E-state index >= 15 is 0 Å². The molecule has 0 bridgehead atoms. The largest absolute Gasteiger partial charge is 0.378 e. The molecule has 140 valence electrons. The van der Waals surface area contributed by atoms with E-state index < -0.39 is 0 Å². The lowest BCUT2D eigenvalue weighted by molar-refractivity contribution is 0.0771. The van der Waals surface area contributed by atoms with Crippen molar-refractivity contribution in [3.05, 3.63) is 47.0 Å². The lowest BCUT2D eigenvalue weighted by atomic mass is 9.99. The second-order valence-electron chi connectivity index (χ2n) is 7.90. The molecule has 1 aromatic heterocycles. The number of ether oxygens (including phenoxy) is 1. The van der Waals surface area contributed by atoms with E-state index in [0.29, 0.717) is 25.7 Å². The van der Waals surface area contributed by atoms with Crippen LogP contribution in [0.5, 0.6) is 0 Å². The summed E-state index contributed by atoms with van der Waals surface area (Å²) in [5.74, 6) is 1.76. The van der Waals surface area contributed by atoms with Crippen LogP contribution in [0.3, 0.4) is 0 Å². The maximum Gasteiger partial charge on any atom is 0.254 e. The van der Waals surface area contributed by atoms with Crippen LogP contribution in [0.1, 0.15) is 34.3 Å². The molecule has 5 nitrogen and oxygen atoms in total. The Balaban J connectivity index is 1.60. The van der Waals surface area contributed by atoms with Crippen LogP contribution < -0.4 is 4.90 Å². The molecule has 1 saturated heterocycles. The van der Waals surface area contributed by atoms with Gasteiger partial charge in [-0.25, -0.2) is 4.98 Å². The lowest BCUT2D eigenvalue weighted by Gasteiger charge is -2.28. The van der Waals surface area contributed by atoms with E-state index in [1.807, 2.05) is 11.0 Å². The topological polar surface area (TPSA) is 45.7 Å². The van der Waals surface area contributed by atoms with Crippen LogP contribution in [0, 0.1) is 12.8 Å². The summed E-state index contributed by atoms with van der Waals surface area (Å²) in [6.45, 7) is 6.74. The number of benzene rings is 1. The maximum atomic E-state index is 13.1. The average molecular weight is 363 g/mol. The van der Waals surface area contributed by atoms with Gasteiger partial charge in [-0.2, -0.15) is 0 Å².